The lowest BCUT2D eigenvalue weighted by molar-refractivity contribution is -0.385. The highest BCUT2D eigenvalue weighted by Gasteiger charge is 2.13. The Hall–Kier alpha value is -2.96. The number of hydrogen-bond donors (Lipinski definition) is 1. The molecule has 0 heterocycles. The number of para-hydroxylation sites is 1. The number of halogens is 1. The highest BCUT2D eigenvalue weighted by atomic mass is 19.1. The van der Waals surface area contributed by atoms with E-state index < -0.39 is 16.7 Å². The Morgan fingerprint density at radius 1 is 1.29 bits per heavy atom. The average Bonchev–Trinajstić information content (AvgIpc) is 2.44. The lowest BCUT2D eigenvalue weighted by Gasteiger charge is -2.09. The van der Waals surface area contributed by atoms with Crippen molar-refractivity contribution in [2.45, 2.75) is 6.61 Å². The van der Waals surface area contributed by atoms with E-state index in [4.69, 9.17) is 9.84 Å². The second-order valence-electron chi connectivity index (χ2n) is 4.16. The summed E-state index contributed by atoms with van der Waals surface area (Å²) in [6.07, 6.45) is 0. The largest absolute Gasteiger partial charge is 0.488 e. The number of benzene rings is 2. The van der Waals surface area contributed by atoms with Gasteiger partial charge in [0.15, 0.2) is 0 Å². The number of aromatic carboxylic acids is 1. The molecule has 7 heteroatoms. The standard InChI is InChI=1S/C14H10FNO5/c15-10-5-9(6-11(7-10)16(19)20)8-21-13-4-2-1-3-12(13)14(17)18/h1-7H,8H2,(H,17,18). The van der Waals surface area contributed by atoms with Gasteiger partial charge in [0.1, 0.15) is 23.7 Å². The predicted octanol–water partition coefficient (Wildman–Crippen LogP) is 3.01. The van der Waals surface area contributed by atoms with Crippen LogP contribution in [0, 0.1) is 15.9 Å². The number of hydrogen-bond acceptors (Lipinski definition) is 4. The Morgan fingerprint density at radius 2 is 2.00 bits per heavy atom. The summed E-state index contributed by atoms with van der Waals surface area (Å²) in [6.45, 7) is -0.178. The van der Waals surface area contributed by atoms with Crippen LogP contribution in [0.15, 0.2) is 42.5 Å². The van der Waals surface area contributed by atoms with Gasteiger partial charge in [0.05, 0.1) is 11.0 Å². The van der Waals surface area contributed by atoms with Crippen LogP contribution in [-0.4, -0.2) is 16.0 Å². The molecule has 21 heavy (non-hydrogen) atoms. The van der Waals surface area contributed by atoms with Crippen LogP contribution in [0.25, 0.3) is 0 Å². The third kappa shape index (κ3) is 3.53. The lowest BCUT2D eigenvalue weighted by Crippen LogP contribution is -2.03. The van der Waals surface area contributed by atoms with Gasteiger partial charge < -0.3 is 9.84 Å². The number of ether oxygens (including phenoxy) is 1. The number of carboxylic acids is 1. The molecular weight excluding hydrogens is 281 g/mol. The maximum absolute atomic E-state index is 13.3. The van der Waals surface area contributed by atoms with E-state index in [-0.39, 0.29) is 29.2 Å². The van der Waals surface area contributed by atoms with Crippen LogP contribution in [0.4, 0.5) is 10.1 Å². The first-order valence-corrected chi connectivity index (χ1v) is 5.86. The molecule has 0 saturated heterocycles. The number of nitro groups is 1. The molecule has 0 unspecified atom stereocenters. The first-order chi connectivity index (χ1) is 9.97. The van der Waals surface area contributed by atoms with Crippen molar-refractivity contribution >= 4 is 11.7 Å². The van der Waals surface area contributed by atoms with E-state index >= 15 is 0 Å². The summed E-state index contributed by atoms with van der Waals surface area (Å²) in [7, 11) is 0. The molecule has 2 aromatic carbocycles. The fourth-order valence-corrected chi connectivity index (χ4v) is 1.75. The van der Waals surface area contributed by atoms with E-state index in [1.165, 1.54) is 18.2 Å². The number of rotatable bonds is 5. The maximum atomic E-state index is 13.3. The zero-order valence-corrected chi connectivity index (χ0v) is 10.7. The molecule has 0 spiro atoms. The van der Waals surface area contributed by atoms with Gasteiger partial charge in [-0.25, -0.2) is 9.18 Å². The van der Waals surface area contributed by atoms with Gasteiger partial charge in [-0.05, 0) is 23.8 Å². The van der Waals surface area contributed by atoms with Crippen LogP contribution in [-0.2, 0) is 6.61 Å². The Balaban J connectivity index is 2.21. The summed E-state index contributed by atoms with van der Waals surface area (Å²) in [5.74, 6) is -1.80. The molecule has 0 fully saturated rings. The fourth-order valence-electron chi connectivity index (χ4n) is 1.75. The topological polar surface area (TPSA) is 89.7 Å². The molecule has 2 rings (SSSR count). The minimum absolute atomic E-state index is 0.0385. The minimum atomic E-state index is -1.16. The monoisotopic (exact) mass is 291 g/mol. The molecule has 0 amide bonds. The first kappa shape index (κ1) is 14.4. The predicted molar refractivity (Wildman–Crippen MR) is 70.8 cm³/mol. The summed E-state index contributed by atoms with van der Waals surface area (Å²) in [5.41, 5.74) is -0.189. The third-order valence-electron chi connectivity index (χ3n) is 2.66. The van der Waals surface area contributed by atoms with E-state index in [2.05, 4.69) is 0 Å². The molecule has 0 aromatic heterocycles. The summed E-state index contributed by atoms with van der Waals surface area (Å²) < 4.78 is 18.6. The zero-order valence-electron chi connectivity index (χ0n) is 10.7. The van der Waals surface area contributed by atoms with E-state index in [1.54, 1.807) is 12.1 Å². The molecule has 0 radical (unpaired) electrons. The molecule has 0 bridgehead atoms. The van der Waals surface area contributed by atoms with Crippen LogP contribution in [0.3, 0.4) is 0 Å². The van der Waals surface area contributed by atoms with Crippen molar-refractivity contribution in [1.29, 1.82) is 0 Å². The first-order valence-electron chi connectivity index (χ1n) is 5.86. The molecule has 108 valence electrons. The second-order valence-corrected chi connectivity index (χ2v) is 4.16. The SMILES string of the molecule is O=C(O)c1ccccc1OCc1cc(F)cc([N+](=O)[O-])c1. The smallest absolute Gasteiger partial charge is 0.339 e. The van der Waals surface area contributed by atoms with Gasteiger partial charge in [-0.2, -0.15) is 0 Å². The highest BCUT2D eigenvalue weighted by Crippen LogP contribution is 2.21. The Morgan fingerprint density at radius 3 is 2.67 bits per heavy atom. The highest BCUT2D eigenvalue weighted by molar-refractivity contribution is 5.90. The van der Waals surface area contributed by atoms with E-state index in [9.17, 15) is 19.3 Å². The normalized spacial score (nSPS) is 10.1. The van der Waals surface area contributed by atoms with Crippen LogP contribution in [0.1, 0.15) is 15.9 Å². The summed E-state index contributed by atoms with van der Waals surface area (Å²) in [4.78, 5) is 20.9. The quantitative estimate of drug-likeness (QED) is 0.675. The van der Waals surface area contributed by atoms with Crippen molar-refractivity contribution < 1.29 is 24.0 Å². The number of carboxylic acid groups (broad SMARTS) is 1. The van der Waals surface area contributed by atoms with Gasteiger partial charge in [-0.3, -0.25) is 10.1 Å². The van der Waals surface area contributed by atoms with Gasteiger partial charge >= 0.3 is 5.97 Å². The molecule has 0 saturated carbocycles. The fraction of sp³-hybridized carbons (Fsp3) is 0.0714. The molecular formula is C14H10FNO5. The van der Waals surface area contributed by atoms with Crippen LogP contribution in [0.5, 0.6) is 5.75 Å². The molecule has 6 nitrogen and oxygen atoms in total. The van der Waals surface area contributed by atoms with Crippen molar-refractivity contribution in [3.63, 3.8) is 0 Å². The number of non-ortho nitro benzene ring substituents is 1. The van der Waals surface area contributed by atoms with Gasteiger partial charge in [0, 0.05) is 6.07 Å². The summed E-state index contributed by atoms with van der Waals surface area (Å²) in [6, 6.07) is 9.03. The lowest BCUT2D eigenvalue weighted by atomic mass is 10.2. The molecule has 1 N–H and O–H groups in total. The second kappa shape index (κ2) is 6.00. The van der Waals surface area contributed by atoms with Gasteiger partial charge in [-0.15, -0.1) is 0 Å². The van der Waals surface area contributed by atoms with Crippen LogP contribution < -0.4 is 4.74 Å². The number of carbonyl (C=O) groups is 1. The van der Waals surface area contributed by atoms with Gasteiger partial charge in [-0.1, -0.05) is 12.1 Å². The van der Waals surface area contributed by atoms with Crippen molar-refractivity contribution in [1.82, 2.24) is 0 Å². The van der Waals surface area contributed by atoms with Crippen molar-refractivity contribution in [3.8, 4) is 5.75 Å². The van der Waals surface area contributed by atoms with Crippen LogP contribution >= 0.6 is 0 Å². The number of nitro benzene ring substituents is 1. The Kier molecular flexibility index (Phi) is 4.13. The molecule has 0 aliphatic rings. The van der Waals surface area contributed by atoms with E-state index in [1.807, 2.05) is 0 Å². The van der Waals surface area contributed by atoms with E-state index in [0.29, 0.717) is 0 Å². The molecule has 0 atom stereocenters. The van der Waals surface area contributed by atoms with Crippen molar-refractivity contribution in [2.75, 3.05) is 0 Å². The summed E-state index contributed by atoms with van der Waals surface area (Å²) >= 11 is 0. The Bertz CT molecular complexity index is 702. The average molecular weight is 291 g/mol. The van der Waals surface area contributed by atoms with Gasteiger partial charge in [0.25, 0.3) is 5.69 Å². The maximum Gasteiger partial charge on any atom is 0.339 e. The van der Waals surface area contributed by atoms with E-state index in [0.717, 1.165) is 12.1 Å². The van der Waals surface area contributed by atoms with Crippen molar-refractivity contribution in [2.24, 2.45) is 0 Å². The summed E-state index contributed by atoms with van der Waals surface area (Å²) in [5, 5.41) is 19.6. The van der Waals surface area contributed by atoms with Crippen molar-refractivity contribution in [3.05, 3.63) is 69.5 Å². The van der Waals surface area contributed by atoms with Crippen LogP contribution in [0.2, 0.25) is 0 Å². The molecule has 2 aromatic rings. The Labute approximate surface area is 118 Å². The zero-order chi connectivity index (χ0) is 15.4. The number of nitrogens with zero attached hydrogens (tertiary/aromatic N) is 1. The molecule has 0 aliphatic heterocycles. The van der Waals surface area contributed by atoms with Gasteiger partial charge in [0.2, 0.25) is 0 Å². The third-order valence-corrected chi connectivity index (χ3v) is 2.66. The molecule has 0 aliphatic carbocycles. The minimum Gasteiger partial charge on any atom is -0.488 e.